The molecule has 17 valence electrons. The van der Waals surface area contributed by atoms with E-state index in [0.717, 1.165) is 0 Å². The molecule has 0 nitrogen and oxygen atoms in total. The van der Waals surface area contributed by atoms with E-state index in [9.17, 15) is 0 Å². The molecule has 0 atom stereocenters. The largest absolute Gasteiger partial charge is 0 e. The summed E-state index contributed by atoms with van der Waals surface area (Å²) in [5, 5.41) is 0. The second-order valence-electron chi connectivity index (χ2n) is 0.129. The molecule has 0 saturated carbocycles. The van der Waals surface area contributed by atoms with Crippen LogP contribution in [0.5, 0.6) is 0 Å². The van der Waals surface area contributed by atoms with Crippen LogP contribution in [0.3, 0.4) is 0 Å². The van der Waals surface area contributed by atoms with E-state index in [4.69, 9.17) is 0 Å². The maximum Gasteiger partial charge on any atom is 0 e. The van der Waals surface area contributed by atoms with Gasteiger partial charge in [0.1, 0.15) is 0 Å². The molecular weight excluding hydrogens is 289 g/mol. The van der Waals surface area contributed by atoms with Crippen molar-refractivity contribution in [2.24, 2.45) is 0 Å². The second kappa shape index (κ2) is 8.99. The zero-order valence-corrected chi connectivity index (χ0v) is 12.0. The van der Waals surface area contributed by atoms with Gasteiger partial charge in [-0.25, -0.2) is 0 Å². The molecule has 0 aliphatic heterocycles. The molecule has 0 unspecified atom stereocenters. The van der Waals surface area contributed by atoms with Crippen LogP contribution in [0, 0.1) is 0 Å². The monoisotopic (exact) mass is 291 g/mol. The SMILES string of the molecule is [S]=[Cd][SeH].[Zn]. The molecule has 0 spiro atoms. The van der Waals surface area contributed by atoms with E-state index >= 15 is 0 Å². The molecule has 0 aromatic carbocycles. The first kappa shape index (κ1) is 9.56. The molecule has 0 N–H and O–H groups in total. The van der Waals surface area contributed by atoms with E-state index in [2.05, 4.69) is 20.7 Å². The number of rotatable bonds is 0. The fourth-order valence-corrected chi connectivity index (χ4v) is 0. The third kappa shape index (κ3) is 8.86. The van der Waals surface area contributed by atoms with Gasteiger partial charge in [-0.2, -0.15) is 0 Å². The van der Waals surface area contributed by atoms with Crippen LogP contribution in [-0.4, -0.2) is 12.1 Å². The Hall–Kier alpha value is 2.28. The zero-order valence-electron chi connectivity index (χ0n) is 2.27. The van der Waals surface area contributed by atoms with Gasteiger partial charge >= 0.3 is 40.4 Å². The molecular formula is HCdSSeZn. The molecule has 0 aliphatic rings. The van der Waals surface area contributed by atoms with Gasteiger partial charge in [0.25, 0.3) is 0 Å². The first-order valence-corrected chi connectivity index (χ1v) is 16.8. The van der Waals surface area contributed by atoms with Gasteiger partial charge < -0.3 is 0 Å². The summed E-state index contributed by atoms with van der Waals surface area (Å²) in [6.07, 6.45) is 0. The molecule has 0 heterocycles. The molecule has 0 saturated heterocycles. The fraction of sp³-hybridized carbons (Fsp3) is 0. The van der Waals surface area contributed by atoms with Gasteiger partial charge in [-0.15, -0.1) is 0 Å². The average Bonchev–Trinajstić information content (AvgIpc) is 0.918. The molecule has 0 amide bonds. The summed E-state index contributed by atoms with van der Waals surface area (Å²) in [4.78, 5) is 0. The van der Waals surface area contributed by atoms with E-state index in [-0.39, 0.29) is 19.5 Å². The van der Waals surface area contributed by atoms with Crippen molar-refractivity contribution in [1.82, 2.24) is 0 Å². The summed E-state index contributed by atoms with van der Waals surface area (Å²) in [7, 11) is 4.58. The topological polar surface area (TPSA) is 0 Å². The Labute approximate surface area is 58.9 Å². The van der Waals surface area contributed by atoms with Crippen LogP contribution in [0.2, 0.25) is 0 Å². The Balaban J connectivity index is 0. The number of hydrogen-bond donors (Lipinski definition) is 0. The maximum absolute atomic E-state index is 4.58. The van der Waals surface area contributed by atoms with Crippen LogP contribution in [-0.2, 0) is 39.2 Å². The van der Waals surface area contributed by atoms with E-state index in [1.54, 1.807) is 0 Å². The summed E-state index contributed by atoms with van der Waals surface area (Å²) < 4.78 is 0. The standard InChI is InChI=1S/Cd.S.H2Se.Zn/h;;1H2;/q+1;;;/p-1. The Morgan fingerprint density at radius 2 is 1.75 bits per heavy atom. The fourth-order valence-electron chi connectivity index (χ4n) is 0. The maximum atomic E-state index is 4.58. The average molecular weight is 290 g/mol. The van der Waals surface area contributed by atoms with Gasteiger partial charge in [0.05, 0.1) is 0 Å². The summed E-state index contributed by atoms with van der Waals surface area (Å²) in [6.45, 7) is 0. The summed E-state index contributed by atoms with van der Waals surface area (Å²) in [6, 6.07) is 0. The van der Waals surface area contributed by atoms with Gasteiger partial charge in [0.2, 0.25) is 0 Å². The first-order chi connectivity index (χ1) is 1.41. The minimum absolute atomic E-state index is 0. The Morgan fingerprint density at radius 3 is 1.75 bits per heavy atom. The molecule has 4 heteroatoms. The molecule has 4 heavy (non-hydrogen) atoms. The van der Waals surface area contributed by atoms with Crippen molar-refractivity contribution in [1.29, 1.82) is 0 Å². The van der Waals surface area contributed by atoms with Crippen molar-refractivity contribution in [2.45, 2.75) is 0 Å². The van der Waals surface area contributed by atoms with Crippen LogP contribution in [0.25, 0.3) is 0 Å². The predicted octanol–water partition coefficient (Wildman–Crippen LogP) is -0.00530. The Kier molecular flexibility index (Phi) is 21.5. The first-order valence-electron chi connectivity index (χ1n) is 0.605. The zero-order chi connectivity index (χ0) is 2.71. The van der Waals surface area contributed by atoms with Crippen molar-refractivity contribution >= 4 is 20.7 Å². The van der Waals surface area contributed by atoms with Crippen molar-refractivity contribution in [3.05, 3.63) is 0 Å². The third-order valence-corrected chi connectivity index (χ3v) is 0. The van der Waals surface area contributed by atoms with Crippen LogP contribution in [0.1, 0.15) is 0 Å². The third-order valence-electron chi connectivity index (χ3n) is 0. The van der Waals surface area contributed by atoms with Crippen molar-refractivity contribution in [3.8, 4) is 0 Å². The van der Waals surface area contributed by atoms with Crippen LogP contribution >= 0.6 is 8.65 Å². The van der Waals surface area contributed by atoms with Gasteiger partial charge in [0, 0.05) is 19.5 Å². The van der Waals surface area contributed by atoms with Gasteiger partial charge in [0.15, 0.2) is 0 Å². The molecule has 0 bridgehead atoms. The van der Waals surface area contributed by atoms with E-state index in [0.29, 0.717) is 0 Å². The van der Waals surface area contributed by atoms with Crippen LogP contribution in [0.4, 0.5) is 0 Å². The quantitative estimate of drug-likeness (QED) is 0.566. The van der Waals surface area contributed by atoms with Crippen molar-refractivity contribution in [2.75, 3.05) is 0 Å². The summed E-state index contributed by atoms with van der Waals surface area (Å²) in [5.74, 6) is 0. The Morgan fingerprint density at radius 1 is 1.75 bits per heavy atom. The van der Waals surface area contributed by atoms with Crippen molar-refractivity contribution < 1.29 is 39.2 Å². The van der Waals surface area contributed by atoms with E-state index in [1.807, 2.05) is 0 Å². The molecule has 0 aliphatic carbocycles. The molecule has 0 fully saturated rings. The van der Waals surface area contributed by atoms with Gasteiger partial charge in [-0.05, 0) is 0 Å². The van der Waals surface area contributed by atoms with E-state index < -0.39 is 19.7 Å². The van der Waals surface area contributed by atoms with Crippen LogP contribution in [0.15, 0.2) is 0 Å². The Bertz CT molecular complexity index is 15.5. The summed E-state index contributed by atoms with van der Waals surface area (Å²) >= 11 is 2.00. The van der Waals surface area contributed by atoms with E-state index in [1.165, 1.54) is 0 Å². The van der Waals surface area contributed by atoms with Crippen molar-refractivity contribution in [3.63, 3.8) is 0 Å². The number of hydrogen-bond acceptors (Lipinski definition) is 1. The molecule has 0 aromatic heterocycles. The minimum atomic E-state index is -0.489. The predicted molar refractivity (Wildman–Crippen MR) is 14.7 cm³/mol. The van der Waals surface area contributed by atoms with Gasteiger partial charge in [-0.3, -0.25) is 0 Å². The van der Waals surface area contributed by atoms with Gasteiger partial charge in [-0.1, -0.05) is 0 Å². The van der Waals surface area contributed by atoms with Crippen LogP contribution < -0.4 is 0 Å². The molecule has 0 aromatic rings. The summed E-state index contributed by atoms with van der Waals surface area (Å²) in [5.41, 5.74) is 0. The molecule has 0 rings (SSSR count). The normalized spacial score (nSPS) is 2.25. The second-order valence-corrected chi connectivity index (χ2v) is 13.5. The minimum Gasteiger partial charge on any atom is 0 e. The smallest absolute Gasteiger partial charge is 0 e. The molecule has 0 radical (unpaired) electrons.